The highest BCUT2D eigenvalue weighted by atomic mass is 16.5. The summed E-state index contributed by atoms with van der Waals surface area (Å²) >= 11 is 0. The molecule has 0 fully saturated rings. The first-order chi connectivity index (χ1) is 17.0. The van der Waals surface area contributed by atoms with E-state index >= 15 is 0 Å². The van der Waals surface area contributed by atoms with Crippen molar-refractivity contribution in [2.75, 3.05) is 27.4 Å². The normalized spacial score (nSPS) is 14.5. The van der Waals surface area contributed by atoms with E-state index < -0.39 is 11.6 Å². The summed E-state index contributed by atoms with van der Waals surface area (Å²) in [5, 5.41) is 9.73. The molecule has 0 saturated carbocycles. The van der Waals surface area contributed by atoms with Gasteiger partial charge in [-0.15, -0.1) is 0 Å². The van der Waals surface area contributed by atoms with Crippen molar-refractivity contribution in [3.63, 3.8) is 0 Å². The number of nitriles is 1. The number of nitrogens with zero attached hydrogens (tertiary/aromatic N) is 4. The molecule has 3 aromatic rings. The van der Waals surface area contributed by atoms with Crippen LogP contribution >= 0.6 is 0 Å². The van der Waals surface area contributed by atoms with Crippen molar-refractivity contribution in [2.45, 2.75) is 6.42 Å². The minimum atomic E-state index is -0.493. The summed E-state index contributed by atoms with van der Waals surface area (Å²) in [6, 6.07) is 11.8. The molecule has 0 amide bonds. The number of ether oxygens (including phenoxy) is 4. The number of hydrogen-bond acceptors (Lipinski definition) is 10. The molecule has 1 aliphatic rings. The molecule has 1 heterocycles. The van der Waals surface area contributed by atoms with Crippen LogP contribution in [0.25, 0.3) is 10.9 Å². The van der Waals surface area contributed by atoms with Gasteiger partial charge in [0, 0.05) is 24.6 Å². The lowest BCUT2D eigenvalue weighted by Crippen LogP contribution is -2.26. The van der Waals surface area contributed by atoms with Crippen LogP contribution in [0, 0.1) is 11.3 Å². The van der Waals surface area contributed by atoms with Crippen molar-refractivity contribution in [3.8, 4) is 23.3 Å². The van der Waals surface area contributed by atoms with Gasteiger partial charge >= 0.3 is 0 Å². The van der Waals surface area contributed by atoms with Crippen molar-refractivity contribution in [2.24, 2.45) is 4.99 Å². The summed E-state index contributed by atoms with van der Waals surface area (Å²) in [7, 11) is 3.08. The molecule has 0 aliphatic heterocycles. The lowest BCUT2D eigenvalue weighted by Gasteiger charge is -2.15. The standard InChI is InChI=1S/C25H20N4O6/c1-32-7-8-34-24-11-17-16(9-23(24)33-2)25(28-14-27-17)29-18-10-20(31)22(12-19(18)30)35-21-6-4-3-5-15(21)13-26/h3-6,9,11-12,14H,7-8,10H2,1-2H3. The smallest absolute Gasteiger partial charge is 0.204 e. The third-order valence-corrected chi connectivity index (χ3v) is 5.06. The predicted molar refractivity (Wildman–Crippen MR) is 125 cm³/mol. The molecule has 10 heteroatoms. The summed E-state index contributed by atoms with van der Waals surface area (Å²) < 4.78 is 21.7. The lowest BCUT2D eigenvalue weighted by atomic mass is 10.0. The van der Waals surface area contributed by atoms with Gasteiger partial charge in [-0.05, 0) is 18.2 Å². The molecule has 0 atom stereocenters. The Hall–Kier alpha value is -4.62. The molecule has 0 unspecified atom stereocenters. The second-order valence-electron chi connectivity index (χ2n) is 7.30. The van der Waals surface area contributed by atoms with Crippen LogP contribution in [0.4, 0.5) is 5.82 Å². The van der Waals surface area contributed by atoms with Crippen LogP contribution in [0.5, 0.6) is 17.2 Å². The number of ketones is 2. The number of allylic oxidation sites excluding steroid dienone is 2. The van der Waals surface area contributed by atoms with E-state index in [1.54, 1.807) is 43.5 Å². The Balaban J connectivity index is 1.65. The fraction of sp³-hybridized carbons (Fsp3) is 0.200. The van der Waals surface area contributed by atoms with Crippen LogP contribution in [0.3, 0.4) is 0 Å². The van der Waals surface area contributed by atoms with E-state index in [2.05, 4.69) is 15.0 Å². The highest BCUT2D eigenvalue weighted by Gasteiger charge is 2.27. The van der Waals surface area contributed by atoms with Gasteiger partial charge in [0.15, 0.2) is 23.1 Å². The van der Waals surface area contributed by atoms with E-state index in [1.807, 2.05) is 6.07 Å². The van der Waals surface area contributed by atoms with Gasteiger partial charge in [-0.2, -0.15) is 5.26 Å². The van der Waals surface area contributed by atoms with Crippen molar-refractivity contribution >= 4 is 34.0 Å². The number of para-hydroxylation sites is 1. The van der Waals surface area contributed by atoms with Crippen LogP contribution < -0.4 is 14.2 Å². The number of rotatable bonds is 8. The Morgan fingerprint density at radius 2 is 1.89 bits per heavy atom. The average molecular weight is 472 g/mol. The van der Waals surface area contributed by atoms with Crippen molar-refractivity contribution in [1.29, 1.82) is 5.26 Å². The van der Waals surface area contributed by atoms with Gasteiger partial charge in [-0.25, -0.2) is 15.0 Å². The molecule has 0 saturated heterocycles. The van der Waals surface area contributed by atoms with Crippen molar-refractivity contribution in [1.82, 2.24) is 9.97 Å². The van der Waals surface area contributed by atoms with Crippen molar-refractivity contribution < 1.29 is 28.5 Å². The number of Topliss-reactive ketones (excluding diaryl/α,β-unsaturated/α-hetero) is 1. The molecule has 1 aliphatic carbocycles. The maximum absolute atomic E-state index is 12.8. The molecular formula is C25H20N4O6. The Labute approximate surface area is 200 Å². The molecule has 10 nitrogen and oxygen atoms in total. The lowest BCUT2D eigenvalue weighted by molar-refractivity contribution is -0.118. The van der Waals surface area contributed by atoms with E-state index in [0.29, 0.717) is 35.6 Å². The Bertz CT molecular complexity index is 1410. The fourth-order valence-corrected chi connectivity index (χ4v) is 3.33. The van der Waals surface area contributed by atoms with E-state index in [1.165, 1.54) is 13.4 Å². The minimum Gasteiger partial charge on any atom is -0.493 e. The predicted octanol–water partition coefficient (Wildman–Crippen LogP) is 3.11. The molecule has 0 N–H and O–H groups in total. The zero-order valence-corrected chi connectivity index (χ0v) is 19.0. The first-order valence-corrected chi connectivity index (χ1v) is 10.5. The molecule has 4 rings (SSSR count). The van der Waals surface area contributed by atoms with Crippen LogP contribution in [0.2, 0.25) is 0 Å². The number of hydrogen-bond donors (Lipinski definition) is 0. The van der Waals surface area contributed by atoms with Gasteiger partial charge < -0.3 is 18.9 Å². The molecule has 2 aromatic carbocycles. The zero-order chi connectivity index (χ0) is 24.8. The van der Waals surface area contributed by atoms with Gasteiger partial charge in [0.1, 0.15) is 24.8 Å². The minimum absolute atomic E-state index is 0.00954. The highest BCUT2D eigenvalue weighted by Crippen LogP contribution is 2.35. The Morgan fingerprint density at radius 3 is 2.66 bits per heavy atom. The summed E-state index contributed by atoms with van der Waals surface area (Å²) in [5.41, 5.74) is 0.783. The SMILES string of the molecule is COCCOc1cc2ncnc(N=C3CC(=O)C(Oc4ccccc4C#N)=CC3=O)c2cc1OC. The number of carbonyl (C=O) groups excluding carboxylic acids is 2. The van der Waals surface area contributed by atoms with Gasteiger partial charge in [-0.1, -0.05) is 12.1 Å². The molecule has 0 radical (unpaired) electrons. The first kappa shape index (κ1) is 23.5. The maximum atomic E-state index is 12.8. The first-order valence-electron chi connectivity index (χ1n) is 10.5. The summed E-state index contributed by atoms with van der Waals surface area (Å²) in [5.74, 6) is 0.223. The number of benzene rings is 2. The van der Waals surface area contributed by atoms with Crippen LogP contribution in [0.15, 0.2) is 59.6 Å². The summed E-state index contributed by atoms with van der Waals surface area (Å²) in [6.07, 6.45) is 2.11. The van der Waals surface area contributed by atoms with Gasteiger partial charge in [0.05, 0.1) is 36.9 Å². The van der Waals surface area contributed by atoms with E-state index in [0.717, 1.165) is 6.08 Å². The Kier molecular flexibility index (Phi) is 7.09. The molecule has 1 aromatic heterocycles. The van der Waals surface area contributed by atoms with Gasteiger partial charge in [0.25, 0.3) is 0 Å². The topological polar surface area (TPSA) is 133 Å². The van der Waals surface area contributed by atoms with Crippen molar-refractivity contribution in [3.05, 3.63) is 60.1 Å². The molecule has 0 bridgehead atoms. The fourth-order valence-electron chi connectivity index (χ4n) is 3.33. The molecule has 176 valence electrons. The van der Waals surface area contributed by atoms with Gasteiger partial charge in [-0.3, -0.25) is 9.59 Å². The van der Waals surface area contributed by atoms with Crippen LogP contribution in [-0.2, 0) is 14.3 Å². The van der Waals surface area contributed by atoms with E-state index in [-0.39, 0.29) is 35.0 Å². The second-order valence-corrected chi connectivity index (χ2v) is 7.30. The quantitative estimate of drug-likeness (QED) is 0.453. The van der Waals surface area contributed by atoms with Crippen LogP contribution in [-0.4, -0.2) is 54.7 Å². The highest BCUT2D eigenvalue weighted by molar-refractivity contribution is 6.50. The molecule has 0 spiro atoms. The third-order valence-electron chi connectivity index (χ3n) is 5.06. The average Bonchev–Trinajstić information content (AvgIpc) is 2.87. The number of aromatic nitrogens is 2. The second kappa shape index (κ2) is 10.5. The van der Waals surface area contributed by atoms with E-state index in [9.17, 15) is 14.9 Å². The largest absolute Gasteiger partial charge is 0.493 e. The number of fused-ring (bicyclic) bond motifs is 1. The summed E-state index contributed by atoms with van der Waals surface area (Å²) in [6.45, 7) is 0.728. The van der Waals surface area contributed by atoms with E-state index in [4.69, 9.17) is 18.9 Å². The van der Waals surface area contributed by atoms with Crippen LogP contribution in [0.1, 0.15) is 12.0 Å². The molecular weight excluding hydrogens is 452 g/mol. The number of carbonyl (C=O) groups is 2. The zero-order valence-electron chi connectivity index (χ0n) is 19.0. The monoisotopic (exact) mass is 472 g/mol. The third kappa shape index (κ3) is 5.15. The summed E-state index contributed by atoms with van der Waals surface area (Å²) in [4.78, 5) is 38.2. The Morgan fingerprint density at radius 1 is 1.06 bits per heavy atom. The molecule has 35 heavy (non-hydrogen) atoms. The number of aliphatic imine (C=N–C) groups is 1. The maximum Gasteiger partial charge on any atom is 0.204 e. The van der Waals surface area contributed by atoms with Gasteiger partial charge in [0.2, 0.25) is 11.6 Å². The number of methoxy groups -OCH3 is 2.